The number of esters is 1. The maximum Gasteiger partial charge on any atom is 0.343 e. The van der Waals surface area contributed by atoms with Crippen LogP contribution in [0.15, 0.2) is 77.8 Å². The van der Waals surface area contributed by atoms with E-state index in [2.05, 4.69) is 4.99 Å². The van der Waals surface area contributed by atoms with Crippen molar-refractivity contribution in [1.29, 1.82) is 0 Å². The summed E-state index contributed by atoms with van der Waals surface area (Å²) >= 11 is 5.79. The van der Waals surface area contributed by atoms with Gasteiger partial charge in [0.05, 0.1) is 11.3 Å². The van der Waals surface area contributed by atoms with Gasteiger partial charge in [0.1, 0.15) is 11.6 Å². The fourth-order valence-corrected chi connectivity index (χ4v) is 2.18. The van der Waals surface area contributed by atoms with Gasteiger partial charge in [-0.15, -0.1) is 0 Å². The fraction of sp³-hybridized carbons (Fsp3) is 0. The Kier molecular flexibility index (Phi) is 5.21. The largest absolute Gasteiger partial charge is 0.423 e. The standard InChI is InChI=1S/C20H13ClFNO2/c21-16-5-11-19(12-6-16)25-20(24)15-3-1-14(2-4-15)13-23-18-9-7-17(22)8-10-18/h1-13H. The van der Waals surface area contributed by atoms with Gasteiger partial charge < -0.3 is 4.74 Å². The summed E-state index contributed by atoms with van der Waals surface area (Å²) in [6, 6.07) is 19.3. The van der Waals surface area contributed by atoms with Gasteiger partial charge in [-0.2, -0.15) is 0 Å². The lowest BCUT2D eigenvalue weighted by atomic mass is 10.1. The topological polar surface area (TPSA) is 38.7 Å². The molecule has 0 atom stereocenters. The Bertz CT molecular complexity index is 888. The Morgan fingerprint density at radius 3 is 2.20 bits per heavy atom. The van der Waals surface area contributed by atoms with Crippen molar-refractivity contribution >= 4 is 29.5 Å². The number of hydrogen-bond donors (Lipinski definition) is 0. The number of aliphatic imine (C=N–C) groups is 1. The van der Waals surface area contributed by atoms with Crippen LogP contribution >= 0.6 is 11.6 Å². The maximum absolute atomic E-state index is 12.8. The Morgan fingerprint density at radius 2 is 1.56 bits per heavy atom. The number of benzene rings is 3. The lowest BCUT2D eigenvalue weighted by Gasteiger charge is -2.04. The van der Waals surface area contributed by atoms with Crippen LogP contribution in [0.2, 0.25) is 5.02 Å². The van der Waals surface area contributed by atoms with Crippen molar-refractivity contribution in [3.05, 3.63) is 94.8 Å². The highest BCUT2D eigenvalue weighted by Gasteiger charge is 2.08. The minimum absolute atomic E-state index is 0.303. The normalized spacial score (nSPS) is 10.8. The van der Waals surface area contributed by atoms with Crippen LogP contribution in [0.25, 0.3) is 0 Å². The van der Waals surface area contributed by atoms with Crippen molar-refractivity contribution in [3.63, 3.8) is 0 Å². The summed E-state index contributed by atoms with van der Waals surface area (Å²) in [7, 11) is 0. The zero-order valence-electron chi connectivity index (χ0n) is 13.0. The molecule has 0 saturated carbocycles. The summed E-state index contributed by atoms with van der Waals surface area (Å²) in [6.45, 7) is 0. The first-order valence-corrected chi connectivity index (χ1v) is 7.85. The van der Waals surface area contributed by atoms with Gasteiger partial charge in [0.15, 0.2) is 0 Å². The van der Waals surface area contributed by atoms with Gasteiger partial charge in [-0.25, -0.2) is 9.18 Å². The molecule has 3 aromatic carbocycles. The van der Waals surface area contributed by atoms with Crippen molar-refractivity contribution in [2.45, 2.75) is 0 Å². The number of nitrogens with zero attached hydrogens (tertiary/aromatic N) is 1. The second kappa shape index (κ2) is 7.73. The van der Waals surface area contributed by atoms with E-state index in [9.17, 15) is 9.18 Å². The minimum atomic E-state index is -0.454. The molecule has 3 nitrogen and oxygen atoms in total. The summed E-state index contributed by atoms with van der Waals surface area (Å²) in [5.74, 6) is -0.330. The average molecular weight is 354 g/mol. The molecule has 0 unspecified atom stereocenters. The summed E-state index contributed by atoms with van der Waals surface area (Å²) in [6.07, 6.45) is 1.64. The Balaban J connectivity index is 1.66. The summed E-state index contributed by atoms with van der Waals surface area (Å²) in [4.78, 5) is 16.3. The number of carbonyl (C=O) groups excluding carboxylic acids is 1. The van der Waals surface area contributed by atoms with Gasteiger partial charge in [0, 0.05) is 11.2 Å². The lowest BCUT2D eigenvalue weighted by molar-refractivity contribution is 0.0735. The highest BCUT2D eigenvalue weighted by Crippen LogP contribution is 2.17. The Hall–Kier alpha value is -2.98. The fourth-order valence-electron chi connectivity index (χ4n) is 2.05. The molecule has 3 aromatic rings. The second-order valence-corrected chi connectivity index (χ2v) is 5.64. The molecule has 0 amide bonds. The number of carbonyl (C=O) groups is 1. The number of halogens is 2. The third kappa shape index (κ3) is 4.75. The van der Waals surface area contributed by atoms with E-state index in [4.69, 9.17) is 16.3 Å². The lowest BCUT2D eigenvalue weighted by Crippen LogP contribution is -2.08. The molecular formula is C20H13ClFNO2. The Labute approximate surface area is 149 Å². The molecule has 124 valence electrons. The molecular weight excluding hydrogens is 341 g/mol. The summed E-state index contributed by atoms with van der Waals surface area (Å²) in [5.41, 5.74) is 1.88. The molecule has 25 heavy (non-hydrogen) atoms. The molecule has 0 aliphatic carbocycles. The van der Waals surface area contributed by atoms with E-state index in [0.29, 0.717) is 22.0 Å². The maximum atomic E-state index is 12.8. The van der Waals surface area contributed by atoms with Crippen molar-refractivity contribution in [1.82, 2.24) is 0 Å². The molecule has 0 spiro atoms. The molecule has 0 aromatic heterocycles. The molecule has 0 aliphatic heterocycles. The van der Waals surface area contributed by atoms with Gasteiger partial charge in [-0.05, 0) is 66.2 Å². The van der Waals surface area contributed by atoms with E-state index >= 15 is 0 Å². The second-order valence-electron chi connectivity index (χ2n) is 5.20. The molecule has 0 aliphatic rings. The Morgan fingerprint density at radius 1 is 0.920 bits per heavy atom. The van der Waals surface area contributed by atoms with Crippen molar-refractivity contribution in [3.8, 4) is 5.75 Å². The third-order valence-corrected chi connectivity index (χ3v) is 3.61. The van der Waals surface area contributed by atoms with Crippen molar-refractivity contribution in [2.75, 3.05) is 0 Å². The first kappa shape index (κ1) is 16.9. The van der Waals surface area contributed by atoms with Crippen LogP contribution in [0, 0.1) is 5.82 Å². The van der Waals surface area contributed by atoms with Gasteiger partial charge in [-0.1, -0.05) is 23.7 Å². The van der Waals surface area contributed by atoms with E-state index in [1.54, 1.807) is 66.9 Å². The van der Waals surface area contributed by atoms with E-state index in [1.807, 2.05) is 0 Å². The van der Waals surface area contributed by atoms with E-state index in [1.165, 1.54) is 12.1 Å². The number of rotatable bonds is 4. The molecule has 3 rings (SSSR count). The zero-order valence-corrected chi connectivity index (χ0v) is 13.8. The van der Waals surface area contributed by atoms with Gasteiger partial charge >= 0.3 is 5.97 Å². The molecule has 5 heteroatoms. The SMILES string of the molecule is O=C(Oc1ccc(Cl)cc1)c1ccc(C=Nc2ccc(F)cc2)cc1. The summed E-state index contributed by atoms with van der Waals surface area (Å²) < 4.78 is 18.1. The smallest absolute Gasteiger partial charge is 0.343 e. The van der Waals surface area contributed by atoms with Gasteiger partial charge in [0.25, 0.3) is 0 Å². The number of ether oxygens (including phenoxy) is 1. The first-order chi connectivity index (χ1) is 12.1. The van der Waals surface area contributed by atoms with E-state index in [-0.39, 0.29) is 5.82 Å². The van der Waals surface area contributed by atoms with Crippen molar-refractivity contribution in [2.24, 2.45) is 4.99 Å². The van der Waals surface area contributed by atoms with E-state index < -0.39 is 5.97 Å². The third-order valence-electron chi connectivity index (χ3n) is 3.36. The van der Waals surface area contributed by atoms with E-state index in [0.717, 1.165) is 5.56 Å². The zero-order chi connectivity index (χ0) is 17.6. The summed E-state index contributed by atoms with van der Waals surface area (Å²) in [5, 5.41) is 0.574. The van der Waals surface area contributed by atoms with Crippen LogP contribution in [0.5, 0.6) is 5.75 Å². The van der Waals surface area contributed by atoms with Gasteiger partial charge in [0.2, 0.25) is 0 Å². The molecule has 0 N–H and O–H groups in total. The van der Waals surface area contributed by atoms with Crippen molar-refractivity contribution < 1.29 is 13.9 Å². The predicted molar refractivity (Wildman–Crippen MR) is 96.5 cm³/mol. The monoisotopic (exact) mass is 353 g/mol. The van der Waals surface area contributed by atoms with Gasteiger partial charge in [-0.3, -0.25) is 4.99 Å². The highest BCUT2D eigenvalue weighted by atomic mass is 35.5. The molecule has 0 radical (unpaired) electrons. The van der Waals surface area contributed by atoms with Crippen LogP contribution in [-0.2, 0) is 0 Å². The number of hydrogen-bond acceptors (Lipinski definition) is 3. The minimum Gasteiger partial charge on any atom is -0.423 e. The van der Waals surface area contributed by atoms with Crippen LogP contribution in [0.4, 0.5) is 10.1 Å². The molecule has 0 heterocycles. The van der Waals surface area contributed by atoms with Crippen LogP contribution in [-0.4, -0.2) is 12.2 Å². The first-order valence-electron chi connectivity index (χ1n) is 7.47. The van der Waals surface area contributed by atoms with Crippen LogP contribution in [0.3, 0.4) is 0 Å². The average Bonchev–Trinajstić information content (AvgIpc) is 2.63. The predicted octanol–water partition coefficient (Wildman–Crippen LogP) is 5.45. The molecule has 0 fully saturated rings. The highest BCUT2D eigenvalue weighted by molar-refractivity contribution is 6.30. The van der Waals surface area contributed by atoms with Crippen LogP contribution in [0.1, 0.15) is 15.9 Å². The molecule has 0 bridgehead atoms. The quantitative estimate of drug-likeness (QED) is 0.355. The van der Waals surface area contributed by atoms with Crippen LogP contribution < -0.4 is 4.74 Å². The molecule has 0 saturated heterocycles.